The highest BCUT2D eigenvalue weighted by atomic mass is 19.4. The first-order chi connectivity index (χ1) is 13.5. The number of carbonyl (C=O) groups excluding carboxylic acids is 1. The van der Waals surface area contributed by atoms with Crippen LogP contribution in [0.1, 0.15) is 29.0 Å². The molecule has 0 aromatic heterocycles. The predicted octanol–water partition coefficient (Wildman–Crippen LogP) is 5.07. The van der Waals surface area contributed by atoms with Gasteiger partial charge in [-0.05, 0) is 41.7 Å². The maximum Gasteiger partial charge on any atom is 0.422 e. The van der Waals surface area contributed by atoms with E-state index < -0.39 is 36.4 Å². The van der Waals surface area contributed by atoms with Gasteiger partial charge >= 0.3 is 12.4 Å². The Labute approximate surface area is 162 Å². The van der Waals surface area contributed by atoms with E-state index in [0.29, 0.717) is 12.0 Å². The number of carbonyl (C=O) groups is 1. The SMILES string of the molecule is O=C(NCc1ccc(OCC(F)(F)F)cc1)C1CC1c1ccccc1C(F)(F)F. The lowest BCUT2D eigenvalue weighted by molar-refractivity contribution is -0.153. The molecule has 9 heteroatoms. The summed E-state index contributed by atoms with van der Waals surface area (Å²) in [7, 11) is 0. The smallest absolute Gasteiger partial charge is 0.422 e. The molecular formula is C20H17F6NO2. The lowest BCUT2D eigenvalue weighted by Crippen LogP contribution is -2.25. The van der Waals surface area contributed by atoms with Gasteiger partial charge in [0.25, 0.3) is 0 Å². The summed E-state index contributed by atoms with van der Waals surface area (Å²) in [5.74, 6) is -1.33. The Kier molecular flexibility index (Phi) is 5.77. The van der Waals surface area contributed by atoms with Crippen molar-refractivity contribution >= 4 is 5.91 Å². The molecule has 1 N–H and O–H groups in total. The van der Waals surface area contributed by atoms with Crippen LogP contribution in [-0.2, 0) is 17.5 Å². The fraction of sp³-hybridized carbons (Fsp3) is 0.350. The molecule has 3 nitrogen and oxygen atoms in total. The highest BCUT2D eigenvalue weighted by molar-refractivity contribution is 5.83. The third kappa shape index (κ3) is 5.65. The van der Waals surface area contributed by atoms with Crippen LogP contribution in [0.4, 0.5) is 26.3 Å². The van der Waals surface area contributed by atoms with Crippen molar-refractivity contribution in [1.82, 2.24) is 5.32 Å². The molecule has 0 heterocycles. The molecule has 1 amide bonds. The Morgan fingerprint density at radius 1 is 1.00 bits per heavy atom. The van der Waals surface area contributed by atoms with E-state index in [9.17, 15) is 31.1 Å². The van der Waals surface area contributed by atoms with Gasteiger partial charge in [0, 0.05) is 12.5 Å². The van der Waals surface area contributed by atoms with Gasteiger partial charge in [-0.3, -0.25) is 4.79 Å². The van der Waals surface area contributed by atoms with Crippen LogP contribution in [0.25, 0.3) is 0 Å². The predicted molar refractivity (Wildman–Crippen MR) is 92.1 cm³/mol. The van der Waals surface area contributed by atoms with Gasteiger partial charge in [-0.1, -0.05) is 30.3 Å². The third-order valence-electron chi connectivity index (χ3n) is 4.59. The van der Waals surface area contributed by atoms with E-state index in [2.05, 4.69) is 10.1 Å². The number of rotatable bonds is 6. The largest absolute Gasteiger partial charge is 0.484 e. The van der Waals surface area contributed by atoms with Crippen molar-refractivity contribution in [2.24, 2.45) is 5.92 Å². The topological polar surface area (TPSA) is 38.3 Å². The monoisotopic (exact) mass is 417 g/mol. The van der Waals surface area contributed by atoms with E-state index in [1.807, 2.05) is 0 Å². The average molecular weight is 417 g/mol. The first-order valence-electron chi connectivity index (χ1n) is 8.77. The molecule has 1 fully saturated rings. The molecule has 0 radical (unpaired) electrons. The molecule has 2 atom stereocenters. The Hall–Kier alpha value is -2.71. The zero-order valence-electron chi connectivity index (χ0n) is 15.0. The maximum absolute atomic E-state index is 13.1. The van der Waals surface area contributed by atoms with E-state index >= 15 is 0 Å². The highest BCUT2D eigenvalue weighted by Crippen LogP contribution is 2.51. The molecule has 1 aliphatic rings. The summed E-state index contributed by atoms with van der Waals surface area (Å²) in [6.07, 6.45) is -8.57. The van der Waals surface area contributed by atoms with Crippen molar-refractivity contribution in [1.29, 1.82) is 0 Å². The molecule has 2 unspecified atom stereocenters. The zero-order valence-corrected chi connectivity index (χ0v) is 15.0. The second kappa shape index (κ2) is 7.96. The number of hydrogen-bond acceptors (Lipinski definition) is 2. The van der Waals surface area contributed by atoms with Crippen LogP contribution in [0.2, 0.25) is 0 Å². The first kappa shape index (κ1) is 21.0. The number of alkyl halides is 6. The molecule has 156 valence electrons. The first-order valence-corrected chi connectivity index (χ1v) is 8.77. The standard InChI is InChI=1S/C20H17F6NO2/c21-19(22,23)11-29-13-7-5-12(6-8-13)10-27-18(28)16-9-15(16)14-3-1-2-4-17(14)20(24,25)26/h1-8,15-16H,9-11H2,(H,27,28). The summed E-state index contributed by atoms with van der Waals surface area (Å²) in [5.41, 5.74) is 0.0201. The normalized spacial score (nSPS) is 19.0. The summed E-state index contributed by atoms with van der Waals surface area (Å²) in [6.45, 7) is -1.28. The summed E-state index contributed by atoms with van der Waals surface area (Å²) in [4.78, 5) is 12.3. The number of hydrogen-bond donors (Lipinski definition) is 1. The van der Waals surface area contributed by atoms with Crippen LogP contribution in [0, 0.1) is 5.92 Å². The van der Waals surface area contributed by atoms with Gasteiger partial charge in [0.05, 0.1) is 5.56 Å². The Bertz CT molecular complexity index is 861. The molecule has 0 bridgehead atoms. The zero-order chi connectivity index (χ0) is 21.2. The summed E-state index contributed by atoms with van der Waals surface area (Å²) in [5, 5.41) is 2.65. The molecule has 1 saturated carbocycles. The molecular weight excluding hydrogens is 400 g/mol. The van der Waals surface area contributed by atoms with Crippen LogP contribution in [0.5, 0.6) is 5.75 Å². The average Bonchev–Trinajstić information content (AvgIpc) is 3.45. The highest BCUT2D eigenvalue weighted by Gasteiger charge is 2.47. The number of benzene rings is 2. The fourth-order valence-electron chi connectivity index (χ4n) is 3.10. The van der Waals surface area contributed by atoms with Crippen molar-refractivity contribution < 1.29 is 35.9 Å². The Morgan fingerprint density at radius 3 is 2.28 bits per heavy atom. The van der Waals surface area contributed by atoms with E-state index in [0.717, 1.165) is 6.07 Å². The summed E-state index contributed by atoms with van der Waals surface area (Å²) in [6, 6.07) is 10.9. The summed E-state index contributed by atoms with van der Waals surface area (Å²) < 4.78 is 80.3. The molecule has 3 rings (SSSR count). The van der Waals surface area contributed by atoms with Gasteiger partial charge < -0.3 is 10.1 Å². The summed E-state index contributed by atoms with van der Waals surface area (Å²) >= 11 is 0. The van der Waals surface area contributed by atoms with Crippen LogP contribution in [0.3, 0.4) is 0 Å². The lowest BCUT2D eigenvalue weighted by Gasteiger charge is -2.12. The number of amides is 1. The van der Waals surface area contributed by atoms with Gasteiger partial charge in [0.1, 0.15) is 5.75 Å². The van der Waals surface area contributed by atoms with Crippen molar-refractivity contribution in [2.75, 3.05) is 6.61 Å². The third-order valence-corrected chi connectivity index (χ3v) is 4.59. The molecule has 2 aromatic carbocycles. The van der Waals surface area contributed by atoms with Gasteiger partial charge in [-0.25, -0.2) is 0 Å². The van der Waals surface area contributed by atoms with Crippen molar-refractivity contribution in [2.45, 2.75) is 31.2 Å². The molecule has 0 aliphatic heterocycles. The molecule has 0 spiro atoms. The van der Waals surface area contributed by atoms with Crippen molar-refractivity contribution in [3.05, 3.63) is 65.2 Å². The minimum Gasteiger partial charge on any atom is -0.484 e. The van der Waals surface area contributed by atoms with E-state index in [1.165, 1.54) is 42.5 Å². The van der Waals surface area contributed by atoms with E-state index in [1.54, 1.807) is 0 Å². The quantitative estimate of drug-likeness (QED) is 0.667. The number of nitrogens with one attached hydrogen (secondary N) is 1. The van der Waals surface area contributed by atoms with Gasteiger partial charge in [-0.2, -0.15) is 26.3 Å². The van der Waals surface area contributed by atoms with Crippen LogP contribution in [-0.4, -0.2) is 18.7 Å². The minimum atomic E-state index is -4.48. The minimum absolute atomic E-state index is 0.0448. The molecule has 1 aliphatic carbocycles. The second-order valence-electron chi connectivity index (χ2n) is 6.80. The van der Waals surface area contributed by atoms with E-state index in [-0.39, 0.29) is 23.8 Å². The van der Waals surface area contributed by atoms with Crippen LogP contribution >= 0.6 is 0 Å². The molecule has 0 saturated heterocycles. The molecule has 2 aromatic rings. The second-order valence-corrected chi connectivity index (χ2v) is 6.80. The molecule has 29 heavy (non-hydrogen) atoms. The van der Waals surface area contributed by atoms with Crippen LogP contribution in [0.15, 0.2) is 48.5 Å². The number of ether oxygens (including phenoxy) is 1. The Morgan fingerprint density at radius 2 is 1.66 bits per heavy atom. The fourth-order valence-corrected chi connectivity index (χ4v) is 3.10. The van der Waals surface area contributed by atoms with Crippen molar-refractivity contribution in [3.63, 3.8) is 0 Å². The van der Waals surface area contributed by atoms with Crippen LogP contribution < -0.4 is 10.1 Å². The number of halogens is 6. The Balaban J connectivity index is 1.53. The van der Waals surface area contributed by atoms with E-state index in [4.69, 9.17) is 0 Å². The maximum atomic E-state index is 13.1. The van der Waals surface area contributed by atoms with Gasteiger partial charge in [0.15, 0.2) is 6.61 Å². The lowest BCUT2D eigenvalue weighted by atomic mass is 10.0. The van der Waals surface area contributed by atoms with Gasteiger partial charge in [-0.15, -0.1) is 0 Å². The van der Waals surface area contributed by atoms with Crippen molar-refractivity contribution in [3.8, 4) is 5.75 Å². The van der Waals surface area contributed by atoms with Gasteiger partial charge in [0.2, 0.25) is 5.91 Å².